The topological polar surface area (TPSA) is 86.8 Å². The minimum absolute atomic E-state index is 0.0832. The number of carbonyl (C=O) groups excluding carboxylic acids is 2. The van der Waals surface area contributed by atoms with Gasteiger partial charge in [-0.1, -0.05) is 97.9 Å². The molecule has 2 amide bonds. The molecule has 4 aromatic carbocycles. The minimum atomic E-state index is -4.13. The third-order valence-electron chi connectivity index (χ3n) is 7.47. The quantitative estimate of drug-likeness (QED) is 0.215. The van der Waals surface area contributed by atoms with E-state index in [1.165, 1.54) is 21.3 Å². The summed E-state index contributed by atoms with van der Waals surface area (Å²) in [4.78, 5) is 29.7. The smallest absolute Gasteiger partial charge is 0.264 e. The van der Waals surface area contributed by atoms with Crippen molar-refractivity contribution in [1.29, 1.82) is 0 Å². The molecule has 7 nitrogen and oxygen atoms in total. The standard InChI is InChI=1S/C35H39N3O4S/c1-4-23-36-35(40)33(24-29-16-8-5-9-17-29)37(25-30-18-10-6-11-19-30)34(39)26-38(32-22-14-15-27(2)28(32)3)43(41,42)31-20-12-7-13-21-31/h5-22,33H,4,23-26H2,1-3H3,(H,36,40). The molecule has 0 heterocycles. The molecule has 43 heavy (non-hydrogen) atoms. The van der Waals surface area contributed by atoms with Crippen LogP contribution in [0.1, 0.15) is 35.6 Å². The molecule has 0 bridgehead atoms. The largest absolute Gasteiger partial charge is 0.354 e. The zero-order valence-electron chi connectivity index (χ0n) is 24.9. The highest BCUT2D eigenvalue weighted by Crippen LogP contribution is 2.29. The Morgan fingerprint density at radius 2 is 1.35 bits per heavy atom. The van der Waals surface area contributed by atoms with Gasteiger partial charge >= 0.3 is 0 Å². The van der Waals surface area contributed by atoms with Gasteiger partial charge in [-0.15, -0.1) is 0 Å². The number of nitrogens with one attached hydrogen (secondary N) is 1. The second-order valence-corrected chi connectivity index (χ2v) is 12.4. The molecular formula is C35H39N3O4S. The lowest BCUT2D eigenvalue weighted by molar-refractivity contribution is -0.140. The molecule has 8 heteroatoms. The van der Waals surface area contributed by atoms with E-state index in [0.717, 1.165) is 28.7 Å². The monoisotopic (exact) mass is 597 g/mol. The van der Waals surface area contributed by atoms with Crippen LogP contribution in [0.5, 0.6) is 0 Å². The summed E-state index contributed by atoms with van der Waals surface area (Å²) in [6.45, 7) is 5.86. The van der Waals surface area contributed by atoms with Crippen molar-refractivity contribution in [3.8, 4) is 0 Å². The maximum atomic E-state index is 14.5. The first-order valence-electron chi connectivity index (χ1n) is 14.5. The molecule has 0 aliphatic rings. The molecule has 0 aromatic heterocycles. The second-order valence-electron chi connectivity index (χ2n) is 10.5. The van der Waals surface area contributed by atoms with Crippen LogP contribution in [-0.2, 0) is 32.6 Å². The summed E-state index contributed by atoms with van der Waals surface area (Å²) >= 11 is 0. The van der Waals surface area contributed by atoms with Gasteiger partial charge in [0.05, 0.1) is 10.6 Å². The number of sulfonamides is 1. The van der Waals surface area contributed by atoms with Gasteiger partial charge in [-0.2, -0.15) is 0 Å². The normalized spacial score (nSPS) is 11.9. The number of nitrogens with zero attached hydrogens (tertiary/aromatic N) is 2. The average molecular weight is 598 g/mol. The SMILES string of the molecule is CCCNC(=O)C(Cc1ccccc1)N(Cc1ccccc1)C(=O)CN(c1cccc(C)c1C)S(=O)(=O)c1ccccc1. The van der Waals surface area contributed by atoms with Crippen molar-refractivity contribution in [3.63, 3.8) is 0 Å². The molecule has 1 unspecified atom stereocenters. The van der Waals surface area contributed by atoms with Gasteiger partial charge in [0, 0.05) is 19.5 Å². The number of hydrogen-bond donors (Lipinski definition) is 1. The molecular weight excluding hydrogens is 558 g/mol. The lowest BCUT2D eigenvalue weighted by Gasteiger charge is -2.34. The van der Waals surface area contributed by atoms with Crippen LogP contribution in [0.4, 0.5) is 5.69 Å². The van der Waals surface area contributed by atoms with E-state index in [1.807, 2.05) is 87.5 Å². The minimum Gasteiger partial charge on any atom is -0.354 e. The van der Waals surface area contributed by atoms with Crippen LogP contribution < -0.4 is 9.62 Å². The molecule has 1 atom stereocenters. The number of hydrogen-bond acceptors (Lipinski definition) is 4. The van der Waals surface area contributed by atoms with Crippen LogP contribution >= 0.6 is 0 Å². The van der Waals surface area contributed by atoms with Gasteiger partial charge in [0.1, 0.15) is 12.6 Å². The Morgan fingerprint density at radius 3 is 1.95 bits per heavy atom. The van der Waals surface area contributed by atoms with Gasteiger partial charge in [-0.3, -0.25) is 13.9 Å². The van der Waals surface area contributed by atoms with E-state index in [4.69, 9.17) is 0 Å². The van der Waals surface area contributed by atoms with E-state index >= 15 is 0 Å². The van der Waals surface area contributed by atoms with Crippen molar-refractivity contribution < 1.29 is 18.0 Å². The lowest BCUT2D eigenvalue weighted by Crippen LogP contribution is -2.53. The van der Waals surface area contributed by atoms with Crippen molar-refractivity contribution in [2.24, 2.45) is 0 Å². The molecule has 224 valence electrons. The summed E-state index contributed by atoms with van der Waals surface area (Å²) in [6.07, 6.45) is 1.02. The van der Waals surface area contributed by atoms with Crippen LogP contribution in [0.25, 0.3) is 0 Å². The number of anilines is 1. The predicted molar refractivity (Wildman–Crippen MR) is 171 cm³/mol. The Balaban J connectivity index is 1.80. The van der Waals surface area contributed by atoms with Crippen molar-refractivity contribution in [2.75, 3.05) is 17.4 Å². The Bertz CT molecular complexity index is 1610. The predicted octanol–water partition coefficient (Wildman–Crippen LogP) is 5.67. The highest BCUT2D eigenvalue weighted by Gasteiger charge is 2.35. The molecule has 0 fully saturated rings. The van der Waals surface area contributed by atoms with Crippen molar-refractivity contribution in [3.05, 3.63) is 131 Å². The van der Waals surface area contributed by atoms with Crippen LogP contribution in [0.15, 0.2) is 114 Å². The molecule has 0 spiro atoms. The molecule has 0 saturated carbocycles. The van der Waals surface area contributed by atoms with E-state index < -0.39 is 28.5 Å². The Labute approximate surface area is 255 Å². The summed E-state index contributed by atoms with van der Waals surface area (Å²) in [6, 6.07) is 31.6. The van der Waals surface area contributed by atoms with Crippen LogP contribution in [0, 0.1) is 13.8 Å². The zero-order chi connectivity index (χ0) is 30.8. The highest BCUT2D eigenvalue weighted by molar-refractivity contribution is 7.92. The third kappa shape index (κ3) is 7.90. The summed E-state index contributed by atoms with van der Waals surface area (Å²) in [7, 11) is -4.13. The van der Waals surface area contributed by atoms with Crippen molar-refractivity contribution >= 4 is 27.5 Å². The fourth-order valence-electron chi connectivity index (χ4n) is 4.94. The molecule has 0 radical (unpaired) electrons. The van der Waals surface area contributed by atoms with Gasteiger partial charge in [0.2, 0.25) is 11.8 Å². The number of rotatable bonds is 13. The molecule has 4 aromatic rings. The Hall–Kier alpha value is -4.43. The van der Waals surface area contributed by atoms with Crippen LogP contribution in [-0.4, -0.2) is 44.3 Å². The van der Waals surface area contributed by atoms with Crippen molar-refractivity contribution in [1.82, 2.24) is 10.2 Å². The highest BCUT2D eigenvalue weighted by atomic mass is 32.2. The number of amides is 2. The maximum Gasteiger partial charge on any atom is 0.264 e. The van der Waals surface area contributed by atoms with Crippen molar-refractivity contribution in [2.45, 2.75) is 51.1 Å². The first-order chi connectivity index (χ1) is 20.7. The van der Waals surface area contributed by atoms with Gasteiger partial charge in [-0.25, -0.2) is 8.42 Å². The molecule has 4 rings (SSSR count). The molecule has 0 saturated heterocycles. The fraction of sp³-hybridized carbons (Fsp3) is 0.257. The molecule has 0 aliphatic carbocycles. The summed E-state index contributed by atoms with van der Waals surface area (Å²) < 4.78 is 29.4. The van der Waals surface area contributed by atoms with E-state index in [9.17, 15) is 18.0 Å². The number of carbonyl (C=O) groups is 2. The Kier molecular flexibility index (Phi) is 10.7. The number of aryl methyl sites for hydroxylation is 1. The zero-order valence-corrected chi connectivity index (χ0v) is 25.8. The van der Waals surface area contributed by atoms with Crippen LogP contribution in [0.2, 0.25) is 0 Å². The van der Waals surface area contributed by atoms with Gasteiger partial charge in [0.25, 0.3) is 10.0 Å². The van der Waals surface area contributed by atoms with E-state index in [2.05, 4.69) is 5.32 Å². The lowest BCUT2D eigenvalue weighted by atomic mass is 10.0. The second kappa shape index (κ2) is 14.6. The summed E-state index contributed by atoms with van der Waals surface area (Å²) in [5, 5.41) is 2.97. The Morgan fingerprint density at radius 1 is 0.767 bits per heavy atom. The fourth-order valence-corrected chi connectivity index (χ4v) is 6.43. The molecule has 0 aliphatic heterocycles. The van der Waals surface area contributed by atoms with E-state index in [0.29, 0.717) is 12.2 Å². The first-order valence-corrected chi connectivity index (χ1v) is 16.0. The summed E-state index contributed by atoms with van der Waals surface area (Å²) in [5.41, 5.74) is 3.81. The first kappa shape index (κ1) is 31.5. The van der Waals surface area contributed by atoms with E-state index in [-0.39, 0.29) is 23.8 Å². The van der Waals surface area contributed by atoms with Gasteiger partial charge < -0.3 is 10.2 Å². The van der Waals surface area contributed by atoms with Gasteiger partial charge in [-0.05, 0) is 60.7 Å². The summed E-state index contributed by atoms with van der Waals surface area (Å²) in [5.74, 6) is -0.754. The average Bonchev–Trinajstić information content (AvgIpc) is 3.03. The van der Waals surface area contributed by atoms with Crippen LogP contribution in [0.3, 0.4) is 0 Å². The molecule has 1 N–H and O–H groups in total. The van der Waals surface area contributed by atoms with E-state index in [1.54, 1.807) is 30.3 Å². The third-order valence-corrected chi connectivity index (χ3v) is 9.24. The van der Waals surface area contributed by atoms with Gasteiger partial charge in [0.15, 0.2) is 0 Å². The number of benzene rings is 4. The maximum absolute atomic E-state index is 14.5.